The minimum absolute atomic E-state index is 0.116. The third-order valence-electron chi connectivity index (χ3n) is 1.26. The summed E-state index contributed by atoms with van der Waals surface area (Å²) in [6, 6.07) is 0. The number of hydrogen-bond donors (Lipinski definition) is 0. The van der Waals surface area contributed by atoms with E-state index in [1.165, 1.54) is 11.8 Å². The van der Waals surface area contributed by atoms with Crippen molar-refractivity contribution in [1.29, 1.82) is 0 Å². The molecule has 0 amide bonds. The van der Waals surface area contributed by atoms with Crippen LogP contribution < -0.4 is 0 Å². The molecule has 1 heterocycles. The lowest BCUT2D eigenvalue weighted by atomic mass is 10.3. The van der Waals surface area contributed by atoms with E-state index in [0.29, 0.717) is 18.1 Å². The minimum Gasteiger partial charge on any atom is -0.490 e. The highest BCUT2D eigenvalue weighted by atomic mass is 32.2. The number of carbonyl (C=O) groups is 1. The summed E-state index contributed by atoms with van der Waals surface area (Å²) in [6.45, 7) is 0.676. The Hall–Kier alpha value is -0.440. The summed E-state index contributed by atoms with van der Waals surface area (Å²) in [6.07, 6.45) is 4.65. The van der Waals surface area contributed by atoms with Crippen LogP contribution in [0.1, 0.15) is 6.42 Å². The molecule has 0 atom stereocenters. The highest BCUT2D eigenvalue weighted by Gasteiger charge is 2.13. The topological polar surface area (TPSA) is 26.3 Å². The maximum atomic E-state index is 11.0. The van der Waals surface area contributed by atoms with Crippen LogP contribution in [0.5, 0.6) is 0 Å². The van der Waals surface area contributed by atoms with E-state index in [-0.39, 0.29) is 5.78 Å². The van der Waals surface area contributed by atoms with Crippen molar-refractivity contribution in [1.82, 2.24) is 0 Å². The number of Topliss-reactive ketones (excluding diaryl/α,β-unsaturated/α-hetero) is 1. The molecular formula is C7H10O2S. The van der Waals surface area contributed by atoms with Crippen molar-refractivity contribution in [3.63, 3.8) is 0 Å². The highest BCUT2D eigenvalue weighted by molar-refractivity contribution is 7.99. The molecule has 0 saturated carbocycles. The maximum absolute atomic E-state index is 11.0. The van der Waals surface area contributed by atoms with Crippen LogP contribution in [0.15, 0.2) is 11.8 Å². The van der Waals surface area contributed by atoms with Crippen LogP contribution in [-0.4, -0.2) is 24.4 Å². The zero-order valence-electron chi connectivity index (χ0n) is 5.92. The number of ether oxygens (including phenoxy) is 1. The first-order valence-corrected chi connectivity index (χ1v) is 4.59. The second-order valence-electron chi connectivity index (χ2n) is 2.06. The van der Waals surface area contributed by atoms with Crippen molar-refractivity contribution in [2.45, 2.75) is 6.42 Å². The Morgan fingerprint density at radius 3 is 3.20 bits per heavy atom. The van der Waals surface area contributed by atoms with Crippen LogP contribution >= 0.6 is 11.8 Å². The first kappa shape index (κ1) is 7.66. The van der Waals surface area contributed by atoms with Gasteiger partial charge in [0.25, 0.3) is 0 Å². The number of allylic oxidation sites excluding steroid dienone is 1. The van der Waals surface area contributed by atoms with Crippen molar-refractivity contribution >= 4 is 17.5 Å². The van der Waals surface area contributed by atoms with Gasteiger partial charge in [-0.05, 0) is 12.3 Å². The van der Waals surface area contributed by atoms with Crippen LogP contribution in [0.3, 0.4) is 0 Å². The molecule has 0 N–H and O–H groups in total. The average molecular weight is 158 g/mol. The van der Waals surface area contributed by atoms with Gasteiger partial charge in [-0.3, -0.25) is 4.79 Å². The normalized spacial score (nSPS) is 16.3. The molecule has 0 fully saturated rings. The highest BCUT2D eigenvalue weighted by Crippen LogP contribution is 2.11. The van der Waals surface area contributed by atoms with Crippen molar-refractivity contribution in [2.24, 2.45) is 0 Å². The fraction of sp³-hybridized carbons (Fsp3) is 0.571. The summed E-state index contributed by atoms with van der Waals surface area (Å²) in [5.41, 5.74) is 0. The van der Waals surface area contributed by atoms with Crippen LogP contribution in [0, 0.1) is 0 Å². The summed E-state index contributed by atoms with van der Waals surface area (Å²) >= 11 is 1.53. The van der Waals surface area contributed by atoms with Crippen molar-refractivity contribution < 1.29 is 9.53 Å². The van der Waals surface area contributed by atoms with Crippen molar-refractivity contribution in [3.05, 3.63) is 11.8 Å². The van der Waals surface area contributed by atoms with Crippen LogP contribution in [0.25, 0.3) is 0 Å². The van der Waals surface area contributed by atoms with E-state index >= 15 is 0 Å². The fourth-order valence-electron chi connectivity index (χ4n) is 0.814. The molecule has 56 valence electrons. The van der Waals surface area contributed by atoms with E-state index in [0.717, 1.165) is 6.42 Å². The first-order chi connectivity index (χ1) is 4.84. The quantitative estimate of drug-likeness (QED) is 0.617. The van der Waals surface area contributed by atoms with Crippen LogP contribution in [-0.2, 0) is 9.53 Å². The standard InChI is InChI=1S/C7H10O2S/c1-10-5-6(8)7-3-2-4-9-7/h3H,2,4-5H2,1H3. The lowest BCUT2D eigenvalue weighted by molar-refractivity contribution is -0.116. The number of hydrogen-bond acceptors (Lipinski definition) is 3. The summed E-state index contributed by atoms with van der Waals surface area (Å²) in [7, 11) is 0. The molecule has 0 aromatic rings. The summed E-state index contributed by atoms with van der Waals surface area (Å²) < 4.78 is 5.07. The molecule has 2 nitrogen and oxygen atoms in total. The van der Waals surface area contributed by atoms with Crippen LogP contribution in [0.4, 0.5) is 0 Å². The van der Waals surface area contributed by atoms with Gasteiger partial charge in [0.1, 0.15) is 0 Å². The molecule has 0 unspecified atom stereocenters. The minimum atomic E-state index is 0.116. The van der Waals surface area contributed by atoms with Gasteiger partial charge in [0.05, 0.1) is 12.4 Å². The zero-order chi connectivity index (χ0) is 7.40. The predicted molar refractivity (Wildman–Crippen MR) is 42.0 cm³/mol. The molecule has 1 aliphatic rings. The van der Waals surface area contributed by atoms with Crippen molar-refractivity contribution in [2.75, 3.05) is 18.6 Å². The predicted octanol–water partition coefficient (Wildman–Crippen LogP) is 1.22. The Morgan fingerprint density at radius 2 is 2.70 bits per heavy atom. The molecule has 1 rings (SSSR count). The summed E-state index contributed by atoms with van der Waals surface area (Å²) in [4.78, 5) is 11.0. The third-order valence-corrected chi connectivity index (χ3v) is 1.81. The van der Waals surface area contributed by atoms with Gasteiger partial charge in [0.2, 0.25) is 5.78 Å². The second kappa shape index (κ2) is 3.66. The number of carbonyl (C=O) groups excluding carboxylic acids is 1. The van der Waals surface area contributed by atoms with E-state index in [1.54, 1.807) is 0 Å². The first-order valence-electron chi connectivity index (χ1n) is 3.19. The van der Waals surface area contributed by atoms with E-state index in [9.17, 15) is 4.79 Å². The molecule has 0 saturated heterocycles. The third kappa shape index (κ3) is 1.77. The van der Waals surface area contributed by atoms with Gasteiger partial charge in [-0.25, -0.2) is 0 Å². The van der Waals surface area contributed by atoms with Gasteiger partial charge in [0.15, 0.2) is 5.76 Å². The van der Waals surface area contributed by atoms with Gasteiger partial charge >= 0.3 is 0 Å². The molecule has 0 aromatic carbocycles. The monoisotopic (exact) mass is 158 g/mol. The molecular weight excluding hydrogens is 148 g/mol. The molecule has 0 spiro atoms. The molecule has 0 radical (unpaired) electrons. The molecule has 0 aliphatic carbocycles. The average Bonchev–Trinajstić information content (AvgIpc) is 2.38. The largest absolute Gasteiger partial charge is 0.490 e. The Balaban J connectivity index is 2.40. The molecule has 10 heavy (non-hydrogen) atoms. The van der Waals surface area contributed by atoms with E-state index in [4.69, 9.17) is 4.74 Å². The molecule has 0 bridgehead atoms. The summed E-state index contributed by atoms with van der Waals surface area (Å²) in [5, 5.41) is 0. The van der Waals surface area contributed by atoms with Crippen molar-refractivity contribution in [3.8, 4) is 0 Å². The Labute approximate surface area is 64.6 Å². The number of thioether (sulfide) groups is 1. The SMILES string of the molecule is CSCC(=O)C1=CCCO1. The number of ketones is 1. The van der Waals surface area contributed by atoms with Gasteiger partial charge in [0, 0.05) is 6.42 Å². The van der Waals surface area contributed by atoms with Gasteiger partial charge in [-0.2, -0.15) is 11.8 Å². The van der Waals surface area contributed by atoms with E-state index < -0.39 is 0 Å². The molecule has 1 aliphatic heterocycles. The Kier molecular flexibility index (Phi) is 2.81. The fourth-order valence-corrected chi connectivity index (χ4v) is 1.22. The lowest BCUT2D eigenvalue weighted by Gasteiger charge is -1.99. The van der Waals surface area contributed by atoms with E-state index in [2.05, 4.69) is 0 Å². The zero-order valence-corrected chi connectivity index (χ0v) is 6.74. The number of rotatable bonds is 3. The maximum Gasteiger partial charge on any atom is 0.206 e. The van der Waals surface area contributed by atoms with Gasteiger partial charge < -0.3 is 4.74 Å². The second-order valence-corrected chi connectivity index (χ2v) is 2.93. The smallest absolute Gasteiger partial charge is 0.206 e. The molecule has 0 aromatic heterocycles. The molecule has 3 heteroatoms. The summed E-state index contributed by atoms with van der Waals surface area (Å²) in [5.74, 6) is 1.21. The van der Waals surface area contributed by atoms with E-state index in [1.807, 2.05) is 12.3 Å². The lowest BCUT2D eigenvalue weighted by Crippen LogP contribution is -2.05. The van der Waals surface area contributed by atoms with Gasteiger partial charge in [-0.15, -0.1) is 0 Å². The Bertz CT molecular complexity index is 163. The van der Waals surface area contributed by atoms with Crippen LogP contribution in [0.2, 0.25) is 0 Å². The van der Waals surface area contributed by atoms with Gasteiger partial charge in [-0.1, -0.05) is 0 Å². The Morgan fingerprint density at radius 1 is 1.90 bits per heavy atom.